The Morgan fingerprint density at radius 2 is 1.81 bits per heavy atom. The average molecular weight is 475 g/mol. The Bertz CT molecular complexity index is 1050. The van der Waals surface area contributed by atoms with Crippen LogP contribution in [0.2, 0.25) is 0 Å². The van der Waals surface area contributed by atoms with Gasteiger partial charge in [-0.05, 0) is 45.3 Å². The highest BCUT2D eigenvalue weighted by Gasteiger charge is 2.33. The monoisotopic (exact) mass is 474 g/mol. The summed E-state index contributed by atoms with van der Waals surface area (Å²) in [6.07, 6.45) is 3.37. The first-order valence-electron chi connectivity index (χ1n) is 11.1. The van der Waals surface area contributed by atoms with Gasteiger partial charge in [0.15, 0.2) is 0 Å². The van der Waals surface area contributed by atoms with Gasteiger partial charge in [-0.3, -0.25) is 19.1 Å². The van der Waals surface area contributed by atoms with E-state index in [2.05, 4.69) is 11.0 Å². The second kappa shape index (κ2) is 10.2. The lowest BCUT2D eigenvalue weighted by Gasteiger charge is -2.39. The van der Waals surface area contributed by atoms with Crippen LogP contribution in [-0.4, -0.2) is 51.5 Å². The van der Waals surface area contributed by atoms with Crippen molar-refractivity contribution in [2.45, 2.75) is 66.2 Å². The van der Waals surface area contributed by atoms with Crippen molar-refractivity contribution in [1.82, 2.24) is 9.47 Å². The number of thiocarbonyl (C=S) groups is 1. The molecule has 0 radical (unpaired) electrons. The number of ether oxygens (including phenoxy) is 1. The van der Waals surface area contributed by atoms with Crippen molar-refractivity contribution < 1.29 is 9.53 Å². The molecule has 3 rings (SSSR count). The van der Waals surface area contributed by atoms with E-state index in [-0.39, 0.29) is 29.2 Å². The third-order valence-corrected chi connectivity index (χ3v) is 6.99. The van der Waals surface area contributed by atoms with Gasteiger partial charge in [-0.2, -0.15) is 5.26 Å². The summed E-state index contributed by atoms with van der Waals surface area (Å²) in [5.74, 6) is 0.624. The summed E-state index contributed by atoms with van der Waals surface area (Å²) in [5.41, 5.74) is 1.15. The number of hydrogen-bond acceptors (Lipinski definition) is 7. The van der Waals surface area contributed by atoms with E-state index in [1.165, 1.54) is 11.8 Å². The number of amides is 1. The molecule has 0 aliphatic carbocycles. The van der Waals surface area contributed by atoms with E-state index < -0.39 is 0 Å². The molecule has 1 amide bonds. The van der Waals surface area contributed by atoms with Crippen molar-refractivity contribution in [1.29, 1.82) is 5.26 Å². The highest BCUT2D eigenvalue weighted by Crippen LogP contribution is 2.36. The number of thioether (sulfide) groups is 1. The smallest absolute Gasteiger partial charge is 0.270 e. The SMILES string of the molecule is CCCN1C(=O)/C(=C/c2c(C)c(C#N)c(=O)n(CCC)c2N2CC(C)OC(C)C2)SC1=S. The van der Waals surface area contributed by atoms with Gasteiger partial charge >= 0.3 is 0 Å². The average Bonchev–Trinajstić information content (AvgIpc) is 2.99. The predicted molar refractivity (Wildman–Crippen MR) is 133 cm³/mol. The molecule has 0 saturated carbocycles. The Labute approximate surface area is 199 Å². The summed E-state index contributed by atoms with van der Waals surface area (Å²) in [5, 5.41) is 9.75. The Morgan fingerprint density at radius 1 is 1.19 bits per heavy atom. The number of aromatic nitrogens is 1. The van der Waals surface area contributed by atoms with Gasteiger partial charge in [0.1, 0.15) is 21.8 Å². The van der Waals surface area contributed by atoms with E-state index in [9.17, 15) is 14.9 Å². The van der Waals surface area contributed by atoms with Gasteiger partial charge in [0, 0.05) is 31.7 Å². The molecule has 2 unspecified atom stereocenters. The van der Waals surface area contributed by atoms with Crippen LogP contribution in [0.3, 0.4) is 0 Å². The molecule has 2 saturated heterocycles. The van der Waals surface area contributed by atoms with E-state index in [0.717, 1.165) is 24.2 Å². The lowest BCUT2D eigenvalue weighted by Crippen LogP contribution is -2.48. The third-order valence-electron chi connectivity index (χ3n) is 5.61. The van der Waals surface area contributed by atoms with Gasteiger partial charge in [-0.1, -0.05) is 37.8 Å². The summed E-state index contributed by atoms with van der Waals surface area (Å²) in [6, 6.07) is 2.09. The van der Waals surface area contributed by atoms with Crippen LogP contribution in [0.4, 0.5) is 5.82 Å². The first kappa shape index (κ1) is 24.5. The molecular weight excluding hydrogens is 444 g/mol. The Balaban J connectivity index is 2.26. The van der Waals surface area contributed by atoms with Crippen LogP contribution in [0, 0.1) is 18.3 Å². The van der Waals surface area contributed by atoms with Gasteiger partial charge in [-0.15, -0.1) is 0 Å². The third kappa shape index (κ3) is 4.63. The van der Waals surface area contributed by atoms with Gasteiger partial charge in [0.25, 0.3) is 11.5 Å². The summed E-state index contributed by atoms with van der Waals surface area (Å²) in [6.45, 7) is 12.1. The second-order valence-electron chi connectivity index (χ2n) is 8.30. The molecular formula is C23H30N4O3S2. The van der Waals surface area contributed by atoms with Crippen LogP contribution in [0.1, 0.15) is 57.2 Å². The highest BCUT2D eigenvalue weighted by molar-refractivity contribution is 8.26. The topological polar surface area (TPSA) is 78.6 Å². The highest BCUT2D eigenvalue weighted by atomic mass is 32.2. The molecule has 172 valence electrons. The van der Waals surface area contributed by atoms with E-state index in [1.807, 2.05) is 33.8 Å². The van der Waals surface area contributed by atoms with Crippen molar-refractivity contribution in [3.05, 3.63) is 31.9 Å². The van der Waals surface area contributed by atoms with Crippen molar-refractivity contribution in [2.24, 2.45) is 0 Å². The van der Waals surface area contributed by atoms with E-state index in [0.29, 0.717) is 41.0 Å². The number of anilines is 1. The standard InChI is InChI=1S/C23H30N4O3S2/c1-6-8-26-20(25-12-14(3)30-15(4)13-25)17(16(5)18(11-24)21(26)28)10-19-22(29)27(9-7-2)23(31)32-19/h10,14-15H,6-9,12-13H2,1-5H3/b19-10-. The minimum atomic E-state index is -0.288. The lowest BCUT2D eigenvalue weighted by molar-refractivity contribution is -0.122. The number of carbonyl (C=O) groups is 1. The molecule has 1 aromatic rings. The predicted octanol–water partition coefficient (Wildman–Crippen LogP) is 3.66. The molecule has 2 aliphatic heterocycles. The van der Waals surface area contributed by atoms with Gasteiger partial charge in [0.05, 0.1) is 17.1 Å². The maximum atomic E-state index is 13.2. The molecule has 32 heavy (non-hydrogen) atoms. The van der Waals surface area contributed by atoms with Crippen LogP contribution in [0.25, 0.3) is 6.08 Å². The minimum absolute atomic E-state index is 0.00417. The molecule has 0 N–H and O–H groups in total. The number of rotatable bonds is 6. The van der Waals surface area contributed by atoms with E-state index in [4.69, 9.17) is 17.0 Å². The van der Waals surface area contributed by atoms with Crippen LogP contribution in [-0.2, 0) is 16.1 Å². The van der Waals surface area contributed by atoms with Crippen LogP contribution < -0.4 is 10.5 Å². The Morgan fingerprint density at radius 3 is 2.38 bits per heavy atom. The van der Waals surface area contributed by atoms with E-state index >= 15 is 0 Å². The molecule has 1 aromatic heterocycles. The fourth-order valence-electron chi connectivity index (χ4n) is 4.31. The summed E-state index contributed by atoms with van der Waals surface area (Å²) in [7, 11) is 0. The maximum Gasteiger partial charge on any atom is 0.270 e. The minimum Gasteiger partial charge on any atom is -0.372 e. The van der Waals surface area contributed by atoms with Gasteiger partial charge < -0.3 is 9.64 Å². The van der Waals surface area contributed by atoms with Crippen LogP contribution >= 0.6 is 24.0 Å². The molecule has 9 heteroatoms. The number of nitriles is 1. The molecule has 2 fully saturated rings. The zero-order valence-electron chi connectivity index (χ0n) is 19.3. The fraction of sp³-hybridized carbons (Fsp3) is 0.565. The molecule has 0 bridgehead atoms. The Hall–Kier alpha value is -2.15. The molecule has 3 heterocycles. The first-order valence-corrected chi connectivity index (χ1v) is 12.3. The number of nitrogens with zero attached hydrogens (tertiary/aromatic N) is 4. The molecule has 2 atom stereocenters. The number of pyridine rings is 1. The fourth-order valence-corrected chi connectivity index (χ4v) is 5.60. The summed E-state index contributed by atoms with van der Waals surface area (Å²) >= 11 is 6.70. The lowest BCUT2D eigenvalue weighted by atomic mass is 10.0. The number of carbonyl (C=O) groups excluding carboxylic acids is 1. The zero-order valence-corrected chi connectivity index (χ0v) is 20.9. The van der Waals surface area contributed by atoms with Crippen LogP contribution in [0.15, 0.2) is 9.70 Å². The van der Waals surface area contributed by atoms with Crippen molar-refractivity contribution in [3.63, 3.8) is 0 Å². The van der Waals surface area contributed by atoms with E-state index in [1.54, 1.807) is 16.4 Å². The van der Waals surface area contributed by atoms with Gasteiger partial charge in [0.2, 0.25) is 0 Å². The second-order valence-corrected chi connectivity index (χ2v) is 9.98. The van der Waals surface area contributed by atoms with Crippen LogP contribution in [0.5, 0.6) is 0 Å². The Kier molecular flexibility index (Phi) is 7.80. The van der Waals surface area contributed by atoms with Crippen molar-refractivity contribution in [3.8, 4) is 6.07 Å². The summed E-state index contributed by atoms with van der Waals surface area (Å²) in [4.78, 5) is 30.6. The normalized spacial score (nSPS) is 22.7. The van der Waals surface area contributed by atoms with Gasteiger partial charge in [-0.25, -0.2) is 0 Å². The number of hydrogen-bond donors (Lipinski definition) is 0. The largest absolute Gasteiger partial charge is 0.372 e. The number of morpholine rings is 1. The van der Waals surface area contributed by atoms with Crippen molar-refractivity contribution in [2.75, 3.05) is 24.5 Å². The summed E-state index contributed by atoms with van der Waals surface area (Å²) < 4.78 is 8.14. The molecule has 0 aromatic carbocycles. The zero-order chi connectivity index (χ0) is 23.6. The van der Waals surface area contributed by atoms with Crippen molar-refractivity contribution >= 4 is 46.1 Å². The molecule has 0 spiro atoms. The first-order chi connectivity index (χ1) is 15.2. The quantitative estimate of drug-likeness (QED) is 0.460. The molecule has 2 aliphatic rings. The maximum absolute atomic E-state index is 13.2. The molecule has 7 nitrogen and oxygen atoms in total.